The number of alkyl carbamates (subject to hydrolysis) is 1. The fourth-order valence-corrected chi connectivity index (χ4v) is 1.68. The zero-order valence-corrected chi connectivity index (χ0v) is 13.2. The first-order valence-corrected chi connectivity index (χ1v) is 6.77. The van der Waals surface area contributed by atoms with Gasteiger partial charge in [0.05, 0.1) is 12.7 Å². The number of benzene rings is 1. The molecule has 0 aliphatic heterocycles. The summed E-state index contributed by atoms with van der Waals surface area (Å²) in [6.45, 7) is 5.57. The molecule has 22 heavy (non-hydrogen) atoms. The number of amides is 1. The number of aldehydes is 1. The standard InChI is InChI=1S/C16H21NO5/c1-16(2,3)22-15(20)17-9-5-6-11-7-8-13(21-4)14(19)12(11)10-18/h5-8,10,19H,9H2,1-4H3,(H,17,20). The summed E-state index contributed by atoms with van der Waals surface area (Å²) in [5, 5.41) is 12.4. The van der Waals surface area contributed by atoms with Gasteiger partial charge in [-0.15, -0.1) is 0 Å². The minimum Gasteiger partial charge on any atom is -0.504 e. The van der Waals surface area contributed by atoms with Crippen molar-refractivity contribution in [3.05, 3.63) is 29.3 Å². The molecule has 0 aromatic heterocycles. The number of carbonyl (C=O) groups excluding carboxylic acids is 2. The van der Waals surface area contributed by atoms with Gasteiger partial charge in [0.2, 0.25) is 0 Å². The molecule has 0 saturated carbocycles. The Balaban J connectivity index is 2.70. The molecule has 0 atom stereocenters. The fraction of sp³-hybridized carbons (Fsp3) is 0.375. The van der Waals surface area contributed by atoms with Crippen LogP contribution in [0.3, 0.4) is 0 Å². The second-order valence-electron chi connectivity index (χ2n) is 5.52. The van der Waals surface area contributed by atoms with E-state index in [1.54, 1.807) is 45.1 Å². The van der Waals surface area contributed by atoms with Gasteiger partial charge in [-0.3, -0.25) is 4.79 Å². The lowest BCUT2D eigenvalue weighted by atomic mass is 10.1. The van der Waals surface area contributed by atoms with E-state index >= 15 is 0 Å². The summed E-state index contributed by atoms with van der Waals surface area (Å²) < 4.78 is 10.0. The Bertz CT molecular complexity index is 573. The smallest absolute Gasteiger partial charge is 0.407 e. The average molecular weight is 307 g/mol. The highest BCUT2D eigenvalue weighted by Crippen LogP contribution is 2.31. The van der Waals surface area contributed by atoms with E-state index in [1.807, 2.05) is 0 Å². The van der Waals surface area contributed by atoms with Crippen molar-refractivity contribution < 1.29 is 24.2 Å². The highest BCUT2D eigenvalue weighted by Gasteiger charge is 2.15. The van der Waals surface area contributed by atoms with Crippen molar-refractivity contribution in [1.29, 1.82) is 0 Å². The van der Waals surface area contributed by atoms with Crippen LogP contribution in [-0.4, -0.2) is 36.7 Å². The maximum atomic E-state index is 11.5. The molecule has 0 unspecified atom stereocenters. The van der Waals surface area contributed by atoms with Gasteiger partial charge in [0, 0.05) is 6.54 Å². The van der Waals surface area contributed by atoms with Gasteiger partial charge in [0.1, 0.15) is 5.60 Å². The zero-order valence-electron chi connectivity index (χ0n) is 13.2. The van der Waals surface area contributed by atoms with Crippen LogP contribution in [0.5, 0.6) is 11.5 Å². The lowest BCUT2D eigenvalue weighted by Crippen LogP contribution is -2.32. The molecule has 0 aliphatic carbocycles. The summed E-state index contributed by atoms with van der Waals surface area (Å²) in [5.74, 6) is 0.0193. The van der Waals surface area contributed by atoms with Crippen molar-refractivity contribution in [1.82, 2.24) is 5.32 Å². The van der Waals surface area contributed by atoms with Gasteiger partial charge >= 0.3 is 6.09 Å². The van der Waals surface area contributed by atoms with Gasteiger partial charge < -0.3 is 19.9 Å². The second kappa shape index (κ2) is 7.49. The number of ether oxygens (including phenoxy) is 2. The Morgan fingerprint density at radius 2 is 2.05 bits per heavy atom. The van der Waals surface area contributed by atoms with E-state index in [0.29, 0.717) is 11.8 Å². The summed E-state index contributed by atoms with van der Waals surface area (Å²) in [6.07, 6.45) is 3.31. The molecular weight excluding hydrogens is 286 g/mol. The van der Waals surface area contributed by atoms with Gasteiger partial charge in [-0.2, -0.15) is 0 Å². The highest BCUT2D eigenvalue weighted by atomic mass is 16.6. The number of aromatic hydroxyl groups is 1. The molecule has 1 amide bonds. The van der Waals surface area contributed by atoms with Gasteiger partial charge in [0.15, 0.2) is 17.8 Å². The fourth-order valence-electron chi connectivity index (χ4n) is 1.68. The maximum Gasteiger partial charge on any atom is 0.407 e. The third-order valence-corrected chi connectivity index (χ3v) is 2.61. The Kier molecular flexibility index (Phi) is 5.98. The maximum absolute atomic E-state index is 11.5. The molecule has 0 heterocycles. The number of hydrogen-bond donors (Lipinski definition) is 2. The van der Waals surface area contributed by atoms with E-state index in [0.717, 1.165) is 0 Å². The lowest BCUT2D eigenvalue weighted by Gasteiger charge is -2.19. The Hall–Kier alpha value is -2.50. The minimum absolute atomic E-state index is 0.132. The Labute approximate surface area is 129 Å². The van der Waals surface area contributed by atoms with Crippen LogP contribution in [0.25, 0.3) is 6.08 Å². The number of nitrogens with one attached hydrogen (secondary N) is 1. The van der Waals surface area contributed by atoms with E-state index in [1.165, 1.54) is 7.11 Å². The summed E-state index contributed by atoms with van der Waals surface area (Å²) >= 11 is 0. The third-order valence-electron chi connectivity index (χ3n) is 2.61. The minimum atomic E-state index is -0.555. The van der Waals surface area contributed by atoms with Crippen LogP contribution in [0, 0.1) is 0 Å². The van der Waals surface area contributed by atoms with Crippen molar-refractivity contribution in [2.75, 3.05) is 13.7 Å². The number of phenolic OH excluding ortho intramolecular Hbond substituents is 1. The van der Waals surface area contributed by atoms with Crippen molar-refractivity contribution in [3.63, 3.8) is 0 Å². The average Bonchev–Trinajstić information content (AvgIpc) is 2.42. The second-order valence-corrected chi connectivity index (χ2v) is 5.52. The molecule has 1 aromatic rings. The quantitative estimate of drug-likeness (QED) is 0.817. The predicted octanol–water partition coefficient (Wildman–Crippen LogP) is 2.75. The number of phenols is 1. The van der Waals surface area contributed by atoms with E-state index in [-0.39, 0.29) is 23.6 Å². The van der Waals surface area contributed by atoms with Crippen molar-refractivity contribution in [2.24, 2.45) is 0 Å². The molecule has 2 N–H and O–H groups in total. The molecule has 6 nitrogen and oxygen atoms in total. The van der Waals surface area contributed by atoms with Crippen LogP contribution in [0.2, 0.25) is 0 Å². The highest BCUT2D eigenvalue weighted by molar-refractivity contribution is 5.87. The predicted molar refractivity (Wildman–Crippen MR) is 83.3 cm³/mol. The molecule has 1 aromatic carbocycles. The largest absolute Gasteiger partial charge is 0.504 e. The number of methoxy groups -OCH3 is 1. The third kappa shape index (κ3) is 5.12. The van der Waals surface area contributed by atoms with Crippen LogP contribution >= 0.6 is 0 Å². The van der Waals surface area contributed by atoms with Crippen molar-refractivity contribution in [2.45, 2.75) is 26.4 Å². The monoisotopic (exact) mass is 307 g/mol. The topological polar surface area (TPSA) is 84.9 Å². The van der Waals surface area contributed by atoms with Crippen LogP contribution < -0.4 is 10.1 Å². The van der Waals surface area contributed by atoms with Crippen LogP contribution in [0.15, 0.2) is 18.2 Å². The number of rotatable bonds is 5. The Morgan fingerprint density at radius 1 is 1.36 bits per heavy atom. The van der Waals surface area contributed by atoms with Crippen LogP contribution in [-0.2, 0) is 4.74 Å². The zero-order chi connectivity index (χ0) is 16.8. The molecule has 0 bridgehead atoms. The summed E-state index contributed by atoms with van der Waals surface area (Å²) in [7, 11) is 1.41. The molecule has 0 fully saturated rings. The van der Waals surface area contributed by atoms with Crippen LogP contribution in [0.1, 0.15) is 36.7 Å². The van der Waals surface area contributed by atoms with Gasteiger partial charge in [0.25, 0.3) is 0 Å². The van der Waals surface area contributed by atoms with E-state index in [4.69, 9.17) is 9.47 Å². The summed E-state index contributed by atoms with van der Waals surface area (Å²) in [6, 6.07) is 3.20. The molecule has 0 aliphatic rings. The van der Waals surface area contributed by atoms with Crippen molar-refractivity contribution >= 4 is 18.5 Å². The van der Waals surface area contributed by atoms with E-state index < -0.39 is 11.7 Å². The molecule has 0 saturated heterocycles. The molecule has 0 spiro atoms. The lowest BCUT2D eigenvalue weighted by molar-refractivity contribution is 0.0534. The summed E-state index contributed by atoms with van der Waals surface area (Å²) in [5.41, 5.74) is 0.104. The first-order valence-electron chi connectivity index (χ1n) is 6.77. The van der Waals surface area contributed by atoms with E-state index in [2.05, 4.69) is 5.32 Å². The van der Waals surface area contributed by atoms with Gasteiger partial charge in [-0.1, -0.05) is 18.2 Å². The first-order chi connectivity index (χ1) is 10.3. The normalized spacial score (nSPS) is 11.3. The first kappa shape index (κ1) is 17.6. The van der Waals surface area contributed by atoms with Gasteiger partial charge in [-0.05, 0) is 32.4 Å². The molecule has 0 radical (unpaired) electrons. The molecular formula is C16H21NO5. The number of carbonyl (C=O) groups is 2. The van der Waals surface area contributed by atoms with Crippen molar-refractivity contribution in [3.8, 4) is 11.5 Å². The molecule has 6 heteroatoms. The van der Waals surface area contributed by atoms with E-state index in [9.17, 15) is 14.7 Å². The summed E-state index contributed by atoms with van der Waals surface area (Å²) in [4.78, 5) is 22.5. The van der Waals surface area contributed by atoms with Gasteiger partial charge in [-0.25, -0.2) is 4.79 Å². The number of hydrogen-bond acceptors (Lipinski definition) is 5. The molecule has 120 valence electrons. The Morgan fingerprint density at radius 3 is 2.59 bits per heavy atom. The SMILES string of the molecule is COc1ccc(C=CCNC(=O)OC(C)(C)C)c(C=O)c1O. The molecule has 1 rings (SSSR count). The van der Waals surface area contributed by atoms with Crippen LogP contribution in [0.4, 0.5) is 4.79 Å².